The molecule has 0 aliphatic rings. The molecule has 23 heavy (non-hydrogen) atoms. The number of allylic oxidation sites excluding steroid dienone is 1. The highest BCUT2D eigenvalue weighted by atomic mass is 16.6. The molecule has 0 radical (unpaired) electrons. The van der Waals surface area contributed by atoms with E-state index in [-0.39, 0.29) is 11.4 Å². The van der Waals surface area contributed by atoms with Crippen molar-refractivity contribution < 1.29 is 14.8 Å². The maximum Gasteiger partial charge on any atom is 0.270 e. The first-order valence-corrected chi connectivity index (χ1v) is 7.37. The molecule has 0 heterocycles. The van der Waals surface area contributed by atoms with E-state index in [0.717, 1.165) is 25.0 Å². The predicted molar refractivity (Wildman–Crippen MR) is 89.7 cm³/mol. The fourth-order valence-electron chi connectivity index (χ4n) is 2.25. The fourth-order valence-corrected chi connectivity index (χ4v) is 2.25. The second-order valence-electron chi connectivity index (χ2n) is 5.15. The van der Waals surface area contributed by atoms with Crippen molar-refractivity contribution in [1.82, 2.24) is 0 Å². The molecule has 2 aromatic rings. The Kier molecular flexibility index (Phi) is 5.74. The maximum absolute atomic E-state index is 10.7. The molecule has 2 aromatic carbocycles. The molecule has 0 atom stereocenters. The molecule has 5 nitrogen and oxygen atoms in total. The molecular formula is C18H19NO4. The lowest BCUT2D eigenvalue weighted by atomic mass is 10.1. The number of hydrogen-bond donors (Lipinski definition) is 1. The van der Waals surface area contributed by atoms with Crippen LogP contribution in [0.1, 0.15) is 24.0 Å². The molecule has 0 aromatic heterocycles. The fraction of sp³-hybridized carbons (Fsp3) is 0.222. The summed E-state index contributed by atoms with van der Waals surface area (Å²) >= 11 is 0. The van der Waals surface area contributed by atoms with Gasteiger partial charge in [-0.25, -0.2) is 0 Å². The Hall–Kier alpha value is -2.82. The van der Waals surface area contributed by atoms with Crippen molar-refractivity contribution in [3.8, 4) is 11.5 Å². The zero-order valence-corrected chi connectivity index (χ0v) is 12.9. The van der Waals surface area contributed by atoms with Crippen molar-refractivity contribution in [3.05, 3.63) is 69.8 Å². The molecule has 0 aliphatic heterocycles. The monoisotopic (exact) mass is 313 g/mol. The number of non-ortho nitro benzene ring substituents is 1. The molecule has 2 rings (SSSR count). The number of nitro benzene ring substituents is 1. The summed E-state index contributed by atoms with van der Waals surface area (Å²) in [5, 5.41) is 20.5. The third kappa shape index (κ3) is 4.85. The van der Waals surface area contributed by atoms with Crippen molar-refractivity contribution in [3.63, 3.8) is 0 Å². The Bertz CT molecular complexity index is 710. The first-order chi connectivity index (χ1) is 11.1. The van der Waals surface area contributed by atoms with Gasteiger partial charge in [0.05, 0.1) is 12.0 Å². The van der Waals surface area contributed by atoms with Crippen molar-refractivity contribution in [1.29, 1.82) is 0 Å². The van der Waals surface area contributed by atoms with Gasteiger partial charge in [0.15, 0.2) is 0 Å². The van der Waals surface area contributed by atoms with Crippen molar-refractivity contribution in [2.75, 3.05) is 7.11 Å². The zero-order chi connectivity index (χ0) is 16.7. The van der Waals surface area contributed by atoms with Crippen LogP contribution in [-0.2, 0) is 6.42 Å². The Labute approximate surface area is 135 Å². The summed E-state index contributed by atoms with van der Waals surface area (Å²) in [5.74, 6) is 0.888. The number of phenols is 1. The Morgan fingerprint density at radius 1 is 1.26 bits per heavy atom. The Balaban J connectivity index is 1.89. The Morgan fingerprint density at radius 3 is 2.83 bits per heavy atom. The van der Waals surface area contributed by atoms with Gasteiger partial charge >= 0.3 is 0 Å². The van der Waals surface area contributed by atoms with E-state index in [2.05, 4.69) is 6.07 Å². The van der Waals surface area contributed by atoms with Crippen LogP contribution in [0, 0.1) is 10.1 Å². The first-order valence-electron chi connectivity index (χ1n) is 7.37. The summed E-state index contributed by atoms with van der Waals surface area (Å²) in [4.78, 5) is 10.3. The highest BCUT2D eigenvalue weighted by molar-refractivity contribution is 5.60. The van der Waals surface area contributed by atoms with Crippen molar-refractivity contribution in [2.24, 2.45) is 0 Å². The molecule has 0 spiro atoms. The van der Waals surface area contributed by atoms with Gasteiger partial charge in [-0.3, -0.25) is 10.1 Å². The van der Waals surface area contributed by atoms with Gasteiger partial charge in [-0.15, -0.1) is 0 Å². The van der Waals surface area contributed by atoms with Crippen LogP contribution in [0.5, 0.6) is 11.5 Å². The molecule has 120 valence electrons. The van der Waals surface area contributed by atoms with Gasteiger partial charge in [0.25, 0.3) is 5.69 Å². The van der Waals surface area contributed by atoms with Gasteiger partial charge in [-0.1, -0.05) is 24.3 Å². The Morgan fingerprint density at radius 2 is 2.09 bits per heavy atom. The van der Waals surface area contributed by atoms with E-state index in [9.17, 15) is 15.2 Å². The first kappa shape index (κ1) is 16.5. The third-order valence-corrected chi connectivity index (χ3v) is 3.49. The number of aromatic hydroxyl groups is 1. The number of aryl methyl sites for hydroxylation is 1. The van der Waals surface area contributed by atoms with Crippen molar-refractivity contribution >= 4 is 11.8 Å². The smallest absolute Gasteiger partial charge is 0.270 e. The summed E-state index contributed by atoms with van der Waals surface area (Å²) in [5.41, 5.74) is 1.63. The maximum atomic E-state index is 10.7. The van der Waals surface area contributed by atoms with Crippen LogP contribution in [0.25, 0.3) is 6.08 Å². The van der Waals surface area contributed by atoms with Gasteiger partial charge in [-0.2, -0.15) is 0 Å². The topological polar surface area (TPSA) is 72.6 Å². The van der Waals surface area contributed by atoms with Crippen LogP contribution in [-0.4, -0.2) is 17.1 Å². The van der Waals surface area contributed by atoms with Gasteiger partial charge in [0.1, 0.15) is 11.5 Å². The van der Waals surface area contributed by atoms with Crippen LogP contribution in [0.2, 0.25) is 0 Å². The largest absolute Gasteiger partial charge is 0.507 e. The SMILES string of the molecule is COc1cccc(CCC/C=C\c2cc([N+](=O)[O-])ccc2O)c1. The van der Waals surface area contributed by atoms with Gasteiger partial charge < -0.3 is 9.84 Å². The lowest BCUT2D eigenvalue weighted by molar-refractivity contribution is -0.384. The number of rotatable bonds is 7. The summed E-state index contributed by atoms with van der Waals surface area (Å²) in [7, 11) is 1.65. The lowest BCUT2D eigenvalue weighted by Gasteiger charge is -2.03. The van der Waals surface area contributed by atoms with Gasteiger partial charge in [-0.05, 0) is 43.0 Å². The highest BCUT2D eigenvalue weighted by Gasteiger charge is 2.07. The molecular weight excluding hydrogens is 294 g/mol. The molecule has 0 fully saturated rings. The zero-order valence-electron chi connectivity index (χ0n) is 12.9. The van der Waals surface area contributed by atoms with Crippen LogP contribution in [0.15, 0.2) is 48.5 Å². The van der Waals surface area contributed by atoms with Crippen LogP contribution >= 0.6 is 0 Å². The number of methoxy groups -OCH3 is 1. The minimum absolute atomic E-state index is 0.0289. The summed E-state index contributed by atoms with van der Waals surface area (Å²) in [6, 6.07) is 11.9. The third-order valence-electron chi connectivity index (χ3n) is 3.49. The van der Waals surface area contributed by atoms with E-state index < -0.39 is 4.92 Å². The average molecular weight is 313 g/mol. The van der Waals surface area contributed by atoms with Crippen LogP contribution < -0.4 is 4.74 Å². The molecule has 5 heteroatoms. The normalized spacial score (nSPS) is 10.8. The van der Waals surface area contributed by atoms with E-state index in [4.69, 9.17) is 4.74 Å². The summed E-state index contributed by atoms with van der Waals surface area (Å²) < 4.78 is 5.19. The number of benzene rings is 2. The minimum Gasteiger partial charge on any atom is -0.507 e. The van der Waals surface area contributed by atoms with E-state index in [1.54, 1.807) is 13.2 Å². The average Bonchev–Trinajstić information content (AvgIpc) is 2.56. The molecule has 0 aliphatic carbocycles. The van der Waals surface area contributed by atoms with Gasteiger partial charge in [0.2, 0.25) is 0 Å². The lowest BCUT2D eigenvalue weighted by Crippen LogP contribution is -1.88. The van der Waals surface area contributed by atoms with E-state index >= 15 is 0 Å². The second kappa shape index (κ2) is 7.98. The van der Waals surface area contributed by atoms with E-state index in [1.807, 2.05) is 24.3 Å². The summed E-state index contributed by atoms with van der Waals surface area (Å²) in [6.07, 6.45) is 6.31. The van der Waals surface area contributed by atoms with E-state index in [1.165, 1.54) is 23.8 Å². The summed E-state index contributed by atoms with van der Waals surface area (Å²) in [6.45, 7) is 0. The second-order valence-corrected chi connectivity index (χ2v) is 5.15. The molecule has 0 amide bonds. The molecule has 0 bridgehead atoms. The molecule has 0 unspecified atom stereocenters. The quantitative estimate of drug-likeness (QED) is 0.468. The van der Waals surface area contributed by atoms with E-state index in [0.29, 0.717) is 5.56 Å². The predicted octanol–water partition coefficient (Wildman–Crippen LogP) is 4.35. The molecule has 1 N–H and O–H groups in total. The number of unbranched alkanes of at least 4 members (excludes halogenated alkanes) is 1. The number of ether oxygens (including phenoxy) is 1. The number of nitrogens with zero attached hydrogens (tertiary/aromatic N) is 1. The molecule has 0 saturated heterocycles. The highest BCUT2D eigenvalue weighted by Crippen LogP contribution is 2.24. The number of phenolic OH excluding ortho intramolecular Hbond substituents is 1. The molecule has 0 saturated carbocycles. The number of nitro groups is 1. The minimum atomic E-state index is -0.473. The van der Waals surface area contributed by atoms with Crippen molar-refractivity contribution in [2.45, 2.75) is 19.3 Å². The standard InChI is InChI=1S/C18H19NO4/c1-23-17-9-5-7-14(12-17)6-3-2-4-8-15-13-16(19(21)22)10-11-18(15)20/h4-5,7-13,20H,2-3,6H2,1H3/b8-4-. The van der Waals surface area contributed by atoms with Gasteiger partial charge in [0, 0.05) is 17.7 Å². The van der Waals surface area contributed by atoms with Crippen LogP contribution in [0.3, 0.4) is 0 Å². The number of hydrogen-bond acceptors (Lipinski definition) is 4. The van der Waals surface area contributed by atoms with Crippen LogP contribution in [0.4, 0.5) is 5.69 Å².